The third-order valence-electron chi connectivity index (χ3n) is 28.4. The zero-order valence-corrected chi connectivity index (χ0v) is 86.0. The van der Waals surface area contributed by atoms with E-state index in [-0.39, 0.29) is 56.1 Å². The summed E-state index contributed by atoms with van der Waals surface area (Å²) in [6.45, 7) is 28.5. The van der Waals surface area contributed by atoms with Gasteiger partial charge in [-0.15, -0.1) is 0 Å². The molecule has 0 radical (unpaired) electrons. The van der Waals surface area contributed by atoms with E-state index in [1.165, 1.54) is 182 Å². The maximum Gasteiger partial charge on any atom is 0.274 e. The quantitative estimate of drug-likeness (QED) is 0.0347. The summed E-state index contributed by atoms with van der Waals surface area (Å²) in [5.74, 6) is 7.77. The van der Waals surface area contributed by atoms with Gasteiger partial charge < -0.3 is 39.3 Å². The van der Waals surface area contributed by atoms with E-state index >= 15 is 0 Å². The van der Waals surface area contributed by atoms with Crippen molar-refractivity contribution in [1.29, 1.82) is 0 Å². The number of nitrogens with one attached hydrogen (secondary N) is 1. The van der Waals surface area contributed by atoms with Crippen LogP contribution in [0.4, 0.5) is 44.9 Å². The maximum atomic E-state index is 14.7. The van der Waals surface area contributed by atoms with Crippen LogP contribution in [-0.2, 0) is 51.7 Å². The van der Waals surface area contributed by atoms with E-state index in [4.69, 9.17) is 0 Å². The summed E-state index contributed by atoms with van der Waals surface area (Å²) in [6, 6.07) is 49.7. The predicted octanol–water partition coefficient (Wildman–Crippen LogP) is 22.4. The number of nitrogens with zero attached hydrogens (tertiary/aromatic N) is 21. The first-order chi connectivity index (χ1) is 70.9. The molecule has 8 aliphatic rings. The second-order valence-corrected chi connectivity index (χ2v) is 41.0. The summed E-state index contributed by atoms with van der Waals surface area (Å²) < 4.78 is 18.6. The SMILES string of the molecule is C.C.CCCN(CC1CC1)c1cc(C(=O)Cc2ccc(CN3CCC3)cc2C)ncn1.CCCN(CC1CC1)c1cc(C(=O)Cc2ccc(N3CCCCC3)c(F)c2)ncn1.CCCN(CC1CC1)c1cc(C(=O)Cc2cccc(Cn3cccc3)c2)ncn1.CCCN(CC1CC1)c1cc(C(=O)Cc2cccc(Cn3cncn3)c2)ncn1.CCc1ccc(NC(=O)c2cc(N(CC3CC3)C3CCCCC3)ncn2)cc1. The molecule has 2 aliphatic heterocycles. The van der Waals surface area contributed by atoms with Gasteiger partial charge in [0, 0.05) is 165 Å². The smallest absolute Gasteiger partial charge is 0.274 e. The van der Waals surface area contributed by atoms with E-state index in [1.54, 1.807) is 23.4 Å². The van der Waals surface area contributed by atoms with Crippen LogP contribution in [0.3, 0.4) is 0 Å². The van der Waals surface area contributed by atoms with Crippen molar-refractivity contribution in [2.75, 3.05) is 120 Å². The minimum absolute atomic E-state index is 0. The lowest BCUT2D eigenvalue weighted by molar-refractivity contribution is 0.0980. The zero-order chi connectivity index (χ0) is 101. The third kappa shape index (κ3) is 34.2. The van der Waals surface area contributed by atoms with Gasteiger partial charge in [-0.2, -0.15) is 5.10 Å². The molecular formula is C119H155FN22O5. The first-order valence-electron chi connectivity index (χ1n) is 53.7. The molecule has 0 atom stereocenters. The summed E-state index contributed by atoms with van der Waals surface area (Å²) in [7, 11) is 0. The Labute approximate surface area is 870 Å². The van der Waals surface area contributed by atoms with Gasteiger partial charge in [-0.05, 0) is 271 Å². The fourth-order valence-electron chi connectivity index (χ4n) is 19.3. The van der Waals surface area contributed by atoms with Crippen LogP contribution in [-0.4, -0.2) is 194 Å². The fourth-order valence-corrected chi connectivity index (χ4v) is 19.3. The number of carbonyl (C=O) groups excluding carboxylic acids is 5. The number of benzene rings is 5. The van der Waals surface area contributed by atoms with Crippen molar-refractivity contribution in [2.24, 2.45) is 29.6 Å². The highest BCUT2D eigenvalue weighted by Gasteiger charge is 2.34. The second kappa shape index (κ2) is 55.5. The summed E-state index contributed by atoms with van der Waals surface area (Å²) in [4.78, 5) is 128. The topological polar surface area (TPSA) is 285 Å². The lowest BCUT2D eigenvalue weighted by atomic mass is 9.94. The highest BCUT2D eigenvalue weighted by atomic mass is 19.1. The minimum atomic E-state index is -0.246. The number of rotatable bonds is 46. The van der Waals surface area contributed by atoms with Crippen molar-refractivity contribution in [2.45, 2.75) is 262 Å². The maximum absolute atomic E-state index is 14.7. The molecule has 1 N–H and O–H groups in total. The summed E-state index contributed by atoms with van der Waals surface area (Å²) in [6.07, 6.45) is 45.4. The lowest BCUT2D eigenvalue weighted by Gasteiger charge is -2.35. The van der Waals surface area contributed by atoms with Gasteiger partial charge in [0.25, 0.3) is 5.91 Å². The van der Waals surface area contributed by atoms with Crippen LogP contribution in [0.15, 0.2) is 208 Å². The number of aromatic nitrogens is 14. The van der Waals surface area contributed by atoms with Crippen LogP contribution >= 0.6 is 0 Å². The monoisotopic (exact) mass is 1990 g/mol. The van der Waals surface area contributed by atoms with E-state index in [0.717, 1.165) is 217 Å². The molecule has 12 aromatic rings. The van der Waals surface area contributed by atoms with Crippen molar-refractivity contribution < 1.29 is 28.4 Å². The largest absolute Gasteiger partial charge is 0.369 e. The lowest BCUT2D eigenvalue weighted by Crippen LogP contribution is -2.39. The Hall–Kier alpha value is -13.2. The van der Waals surface area contributed by atoms with E-state index < -0.39 is 0 Å². The fraction of sp³-hybridized carbons (Fsp3) is 0.487. The number of Topliss-reactive ketones (excluding diaryl/α,β-unsaturated/α-hetero) is 4. The molecule has 9 heterocycles. The van der Waals surface area contributed by atoms with Gasteiger partial charge in [0.15, 0.2) is 23.1 Å². The zero-order valence-electron chi connectivity index (χ0n) is 86.0. The average molecular weight is 1990 g/mol. The molecule has 20 rings (SSSR count). The molecule has 0 bridgehead atoms. The van der Waals surface area contributed by atoms with Gasteiger partial charge in [0.05, 0.1) is 12.2 Å². The molecule has 0 unspecified atom stereocenters. The Morgan fingerprint density at radius 3 is 1.21 bits per heavy atom. The molecule has 147 heavy (non-hydrogen) atoms. The molecule has 6 saturated carbocycles. The molecule has 2 saturated heterocycles. The van der Waals surface area contributed by atoms with Gasteiger partial charge >= 0.3 is 0 Å². The van der Waals surface area contributed by atoms with Crippen LogP contribution in [0, 0.1) is 42.3 Å². The van der Waals surface area contributed by atoms with Crippen LogP contribution in [0.2, 0.25) is 0 Å². The number of anilines is 7. The third-order valence-corrected chi connectivity index (χ3v) is 28.4. The first kappa shape index (κ1) is 109. The number of halogens is 1. The highest BCUT2D eigenvalue weighted by Crippen LogP contribution is 2.38. The predicted molar refractivity (Wildman–Crippen MR) is 586 cm³/mol. The summed E-state index contributed by atoms with van der Waals surface area (Å²) >= 11 is 0. The van der Waals surface area contributed by atoms with Gasteiger partial charge in [-0.3, -0.25) is 28.9 Å². The Morgan fingerprint density at radius 1 is 0.374 bits per heavy atom. The first-order valence-corrected chi connectivity index (χ1v) is 53.7. The molecule has 28 heteroatoms. The minimum Gasteiger partial charge on any atom is -0.369 e. The number of ketones is 4. The normalized spacial score (nSPS) is 15.2. The summed E-state index contributed by atoms with van der Waals surface area (Å²) in [5.41, 5.74) is 13.6. The van der Waals surface area contributed by atoms with E-state index in [9.17, 15) is 28.4 Å². The highest BCUT2D eigenvalue weighted by molar-refractivity contribution is 6.03. The molecule has 6 aliphatic carbocycles. The molecule has 778 valence electrons. The molecule has 0 spiro atoms. The van der Waals surface area contributed by atoms with Crippen LogP contribution in [0.25, 0.3) is 0 Å². The standard InChI is InChI=1S/C24H31FN4O.C24H32N4O.C24H28N4O.C23H30N4O.C22H26N6O.2CH4/c1-2-10-29(16-18-6-7-18)24-15-21(26-17-27-24)23(30)14-19-8-9-22(20(25)13-19)28-11-4-3-5-12-28;1-3-9-28(16-19-5-6-19)24-14-22(25-17-26-24)23(29)13-21-8-7-20(12-18(21)2)15-27-10-4-11-27;1-2-10-28(17-19-8-9-19)24-15-22(25-18-26-24)23(29)14-20-6-5-7-21(13-20)16-27-11-3-4-12-27;1-2-17-10-12-19(13-11-17)26-23(28)21-14-22(25-16-24-21)27(15-18-8-9-18)20-6-4-3-5-7-20;1-2-8-27(12-17-6-7-17)22-11-20(24-15-25-22)21(29)10-18-4-3-5-19(9-18)13-28-16-23-14-26-28;;/h8-9,13,15,17-18H,2-7,10-12,14,16H2,1H3;7-8,12,14,17,19H,3-6,9-11,13,15-16H2,1-2H3;3-7,11-13,15,18-19H,2,8-10,14,16-17H2,1H3;10-14,16,18,20H,2-9,15H2,1H3,(H,26,28);3-5,9,11,14-17H,2,6-8,10,12-13H2,1H3;2*1H4. The van der Waals surface area contributed by atoms with Crippen molar-refractivity contribution in [1.82, 2.24) is 74.1 Å². The number of carbonyl (C=O) groups is 5. The number of likely N-dealkylation sites (tertiary alicyclic amines) is 1. The Morgan fingerprint density at radius 2 is 0.782 bits per heavy atom. The molecule has 27 nitrogen and oxygen atoms in total. The Kier molecular flexibility index (Phi) is 41.3. The number of piperidine rings is 1. The number of aryl methyl sites for hydroxylation is 2. The van der Waals surface area contributed by atoms with Crippen LogP contribution in [0.5, 0.6) is 0 Å². The molecule has 7 aromatic heterocycles. The number of hydrogen-bond acceptors (Lipinski definition) is 24. The van der Waals surface area contributed by atoms with E-state index in [1.807, 2.05) is 122 Å². The van der Waals surface area contributed by atoms with Crippen molar-refractivity contribution in [3.8, 4) is 0 Å². The van der Waals surface area contributed by atoms with Crippen molar-refractivity contribution >= 4 is 69.5 Å². The van der Waals surface area contributed by atoms with Crippen molar-refractivity contribution in [3.05, 3.63) is 293 Å². The number of hydrogen-bond donors (Lipinski definition) is 1. The number of amides is 1. The van der Waals surface area contributed by atoms with Gasteiger partial charge in [0.1, 0.15) is 108 Å². The molecule has 8 fully saturated rings. The van der Waals surface area contributed by atoms with Crippen molar-refractivity contribution in [3.63, 3.8) is 0 Å². The molecule has 1 amide bonds. The van der Waals surface area contributed by atoms with Crippen LogP contribution < -0.4 is 34.7 Å². The summed E-state index contributed by atoms with van der Waals surface area (Å²) in [5, 5.41) is 7.09. The van der Waals surface area contributed by atoms with E-state index in [2.05, 4.69) is 176 Å². The Bertz CT molecular complexity index is 5990. The molecular weight excluding hydrogens is 1840 g/mol. The van der Waals surface area contributed by atoms with Gasteiger partial charge in [0.2, 0.25) is 0 Å². The second-order valence-electron chi connectivity index (χ2n) is 41.0. The molecule has 5 aromatic carbocycles. The average Bonchev–Trinajstić information content (AvgIpc) is 1.50. The van der Waals surface area contributed by atoms with Crippen LogP contribution in [0.1, 0.15) is 300 Å². The Balaban J connectivity index is 0.000000145. The van der Waals surface area contributed by atoms with E-state index in [0.29, 0.717) is 71.6 Å². The van der Waals surface area contributed by atoms with Gasteiger partial charge in [-0.1, -0.05) is 154 Å². The van der Waals surface area contributed by atoms with Gasteiger partial charge in [-0.25, -0.2) is 63.9 Å².